The lowest BCUT2D eigenvalue weighted by Crippen LogP contribution is -2.42. The van der Waals surface area contributed by atoms with E-state index in [1.165, 1.54) is 17.1 Å². The number of carbonyl (C=O) groups is 2. The number of aromatic nitrogens is 1. The van der Waals surface area contributed by atoms with Crippen molar-refractivity contribution in [3.8, 4) is 0 Å². The molecule has 0 atom stereocenters. The largest absolute Gasteiger partial charge is 0.333 e. The van der Waals surface area contributed by atoms with E-state index in [-0.39, 0.29) is 30.6 Å². The standard InChI is InChI=1S/C26H25FN4O2/c27-23-10-8-21(9-11-23)19-31-25(32)13-12-24(29-31)26(33)30(18-22-7-4-15-28-17-22)16-14-20-5-2-1-3-6-20/h1-11,15,17H,12-14,16,18-19H2. The van der Waals surface area contributed by atoms with Gasteiger partial charge in [-0.25, -0.2) is 9.40 Å². The van der Waals surface area contributed by atoms with Crippen molar-refractivity contribution in [1.29, 1.82) is 0 Å². The summed E-state index contributed by atoms with van der Waals surface area (Å²) < 4.78 is 13.2. The minimum atomic E-state index is -0.340. The fraction of sp³-hybridized carbons (Fsp3) is 0.231. The normalized spacial score (nSPS) is 13.5. The third-order valence-electron chi connectivity index (χ3n) is 5.49. The summed E-state index contributed by atoms with van der Waals surface area (Å²) in [6.45, 7) is 1.12. The molecule has 0 radical (unpaired) electrons. The highest BCUT2D eigenvalue weighted by molar-refractivity contribution is 6.39. The Morgan fingerprint density at radius 2 is 1.70 bits per heavy atom. The lowest BCUT2D eigenvalue weighted by Gasteiger charge is -2.27. The number of nitrogens with zero attached hydrogens (tertiary/aromatic N) is 4. The smallest absolute Gasteiger partial charge is 0.270 e. The van der Waals surface area contributed by atoms with Crippen LogP contribution < -0.4 is 0 Å². The molecule has 0 saturated carbocycles. The van der Waals surface area contributed by atoms with E-state index < -0.39 is 0 Å². The number of hydrogen-bond donors (Lipinski definition) is 0. The van der Waals surface area contributed by atoms with Gasteiger partial charge in [-0.1, -0.05) is 48.5 Å². The Labute approximate surface area is 192 Å². The first-order valence-electron chi connectivity index (χ1n) is 10.9. The molecule has 0 saturated heterocycles. The van der Waals surface area contributed by atoms with Crippen LogP contribution in [0.1, 0.15) is 29.5 Å². The van der Waals surface area contributed by atoms with Gasteiger partial charge in [0, 0.05) is 38.3 Å². The summed E-state index contributed by atoms with van der Waals surface area (Å²) in [5.74, 6) is -0.682. The summed E-state index contributed by atoms with van der Waals surface area (Å²) in [6.07, 6.45) is 4.66. The number of benzene rings is 2. The summed E-state index contributed by atoms with van der Waals surface area (Å²) >= 11 is 0. The maximum absolute atomic E-state index is 13.5. The van der Waals surface area contributed by atoms with Gasteiger partial charge < -0.3 is 4.90 Å². The van der Waals surface area contributed by atoms with Gasteiger partial charge in [0.2, 0.25) is 5.91 Å². The first kappa shape index (κ1) is 22.3. The van der Waals surface area contributed by atoms with Gasteiger partial charge in [-0.2, -0.15) is 5.10 Å². The van der Waals surface area contributed by atoms with Crippen molar-refractivity contribution < 1.29 is 14.0 Å². The van der Waals surface area contributed by atoms with Crippen LogP contribution in [0.4, 0.5) is 4.39 Å². The average molecular weight is 445 g/mol. The van der Waals surface area contributed by atoms with Gasteiger partial charge in [-0.05, 0) is 41.3 Å². The van der Waals surface area contributed by atoms with E-state index in [0.29, 0.717) is 31.6 Å². The molecular formula is C26H25FN4O2. The van der Waals surface area contributed by atoms with Crippen LogP contribution in [0.3, 0.4) is 0 Å². The Hall–Kier alpha value is -3.87. The number of carbonyl (C=O) groups excluding carboxylic acids is 2. The van der Waals surface area contributed by atoms with E-state index in [1.807, 2.05) is 42.5 Å². The molecule has 6 nitrogen and oxygen atoms in total. The molecule has 168 valence electrons. The molecule has 0 bridgehead atoms. The summed E-state index contributed by atoms with van der Waals surface area (Å²) in [5, 5.41) is 5.71. The fourth-order valence-corrected chi connectivity index (χ4v) is 3.70. The van der Waals surface area contributed by atoms with Gasteiger partial charge in [0.1, 0.15) is 11.5 Å². The minimum Gasteiger partial charge on any atom is -0.333 e. The van der Waals surface area contributed by atoms with Gasteiger partial charge in [-0.15, -0.1) is 0 Å². The van der Waals surface area contributed by atoms with Gasteiger partial charge >= 0.3 is 0 Å². The molecule has 2 amide bonds. The molecule has 1 aliphatic heterocycles. The Kier molecular flexibility index (Phi) is 7.19. The second-order valence-corrected chi connectivity index (χ2v) is 7.95. The molecule has 2 heterocycles. The molecule has 4 rings (SSSR count). The second kappa shape index (κ2) is 10.6. The van der Waals surface area contributed by atoms with E-state index >= 15 is 0 Å². The highest BCUT2D eigenvalue weighted by Gasteiger charge is 2.27. The molecule has 7 heteroatoms. The SMILES string of the molecule is O=C(C1=NN(Cc2ccc(F)cc2)C(=O)CC1)N(CCc1ccccc1)Cc1cccnc1. The molecule has 1 aliphatic rings. The monoisotopic (exact) mass is 444 g/mol. The predicted molar refractivity (Wildman–Crippen MR) is 123 cm³/mol. The van der Waals surface area contributed by atoms with Crippen LogP contribution in [0.5, 0.6) is 0 Å². The quantitative estimate of drug-likeness (QED) is 0.528. The van der Waals surface area contributed by atoms with Crippen LogP contribution in [0.2, 0.25) is 0 Å². The van der Waals surface area contributed by atoms with E-state index in [1.54, 1.807) is 29.4 Å². The van der Waals surface area contributed by atoms with Crippen molar-refractivity contribution in [2.75, 3.05) is 6.54 Å². The van der Waals surface area contributed by atoms with Crippen molar-refractivity contribution in [2.24, 2.45) is 5.10 Å². The van der Waals surface area contributed by atoms with E-state index in [9.17, 15) is 14.0 Å². The number of amides is 2. The van der Waals surface area contributed by atoms with Crippen molar-refractivity contribution >= 4 is 17.5 Å². The van der Waals surface area contributed by atoms with Gasteiger partial charge in [0.25, 0.3) is 5.91 Å². The van der Waals surface area contributed by atoms with Crippen molar-refractivity contribution in [2.45, 2.75) is 32.4 Å². The summed E-state index contributed by atoms with van der Waals surface area (Å²) in [6, 6.07) is 19.7. The topological polar surface area (TPSA) is 65.9 Å². The highest BCUT2D eigenvalue weighted by atomic mass is 19.1. The number of halogens is 1. The van der Waals surface area contributed by atoms with Crippen LogP contribution in [-0.2, 0) is 29.1 Å². The minimum absolute atomic E-state index is 0.154. The summed E-state index contributed by atoms with van der Waals surface area (Å²) in [5.41, 5.74) is 3.17. The summed E-state index contributed by atoms with van der Waals surface area (Å²) in [4.78, 5) is 31.8. The van der Waals surface area contributed by atoms with Crippen LogP contribution in [0.25, 0.3) is 0 Å². The molecular weight excluding hydrogens is 419 g/mol. The third-order valence-corrected chi connectivity index (χ3v) is 5.49. The van der Waals surface area contributed by atoms with Crippen LogP contribution in [0.15, 0.2) is 84.2 Å². The van der Waals surface area contributed by atoms with E-state index in [2.05, 4.69) is 10.1 Å². The summed E-state index contributed by atoms with van der Waals surface area (Å²) in [7, 11) is 0. The number of hydrazone groups is 1. The Balaban J connectivity index is 1.52. The zero-order valence-corrected chi connectivity index (χ0v) is 18.2. The maximum atomic E-state index is 13.5. The molecule has 0 unspecified atom stereocenters. The zero-order valence-electron chi connectivity index (χ0n) is 18.2. The predicted octanol–water partition coefficient (Wildman–Crippen LogP) is 3.97. The second-order valence-electron chi connectivity index (χ2n) is 7.95. The molecule has 0 N–H and O–H groups in total. The maximum Gasteiger partial charge on any atom is 0.270 e. The van der Waals surface area contributed by atoms with Crippen molar-refractivity contribution in [1.82, 2.24) is 14.9 Å². The van der Waals surface area contributed by atoms with Gasteiger partial charge in [0.05, 0.1) is 6.54 Å². The van der Waals surface area contributed by atoms with Crippen molar-refractivity contribution in [3.05, 3.63) is 102 Å². The molecule has 1 aromatic heterocycles. The molecule has 0 fully saturated rings. The lowest BCUT2D eigenvalue weighted by atomic mass is 10.1. The van der Waals surface area contributed by atoms with Crippen LogP contribution in [-0.4, -0.2) is 39.0 Å². The van der Waals surface area contributed by atoms with E-state index in [0.717, 1.165) is 16.7 Å². The molecule has 33 heavy (non-hydrogen) atoms. The third kappa shape index (κ3) is 6.10. The number of hydrogen-bond acceptors (Lipinski definition) is 4. The first-order valence-corrected chi connectivity index (χ1v) is 10.9. The fourth-order valence-electron chi connectivity index (χ4n) is 3.70. The van der Waals surface area contributed by atoms with Gasteiger partial charge in [-0.3, -0.25) is 14.6 Å². The molecule has 0 spiro atoms. The Morgan fingerprint density at radius 3 is 2.42 bits per heavy atom. The van der Waals surface area contributed by atoms with Crippen LogP contribution >= 0.6 is 0 Å². The number of rotatable bonds is 8. The Morgan fingerprint density at radius 1 is 0.939 bits per heavy atom. The van der Waals surface area contributed by atoms with Crippen LogP contribution in [0, 0.1) is 5.82 Å². The molecule has 0 aliphatic carbocycles. The zero-order chi connectivity index (χ0) is 23.0. The number of pyridine rings is 1. The van der Waals surface area contributed by atoms with E-state index in [4.69, 9.17) is 0 Å². The van der Waals surface area contributed by atoms with Gasteiger partial charge in [0.15, 0.2) is 0 Å². The first-order chi connectivity index (χ1) is 16.1. The highest BCUT2D eigenvalue weighted by Crippen LogP contribution is 2.17. The lowest BCUT2D eigenvalue weighted by molar-refractivity contribution is -0.132. The van der Waals surface area contributed by atoms with Crippen molar-refractivity contribution in [3.63, 3.8) is 0 Å². The average Bonchev–Trinajstić information content (AvgIpc) is 2.85. The molecule has 2 aromatic carbocycles. The molecule has 3 aromatic rings. The Bertz CT molecular complexity index is 1120.